The third-order valence-electron chi connectivity index (χ3n) is 4.38. The summed E-state index contributed by atoms with van der Waals surface area (Å²) in [6.45, 7) is 2.05. The number of aryl methyl sites for hydroxylation is 1. The lowest BCUT2D eigenvalue weighted by Crippen LogP contribution is -2.43. The molecule has 0 aliphatic heterocycles. The van der Waals surface area contributed by atoms with Gasteiger partial charge in [0.2, 0.25) is 5.91 Å². The number of likely N-dealkylation sites (N-methyl/N-ethyl adjacent to an activating group) is 1. The zero-order valence-corrected chi connectivity index (χ0v) is 14.4. The maximum absolute atomic E-state index is 12.3. The first kappa shape index (κ1) is 17.0. The fraction of sp³-hybridized carbons (Fsp3) is 0.647. The van der Waals surface area contributed by atoms with Gasteiger partial charge in [-0.25, -0.2) is 0 Å². The standard InChI is InChI=1S/C17H26N2O2S/c1-13-10-11-15(22-13)17(21)18-12-16(20)19(2)14-8-6-4-3-5-7-9-14/h10-11,14H,3-9,12H2,1-2H3,(H,18,21). The van der Waals surface area contributed by atoms with Gasteiger partial charge < -0.3 is 10.2 Å². The van der Waals surface area contributed by atoms with Crippen molar-refractivity contribution in [2.75, 3.05) is 13.6 Å². The molecule has 1 aromatic rings. The van der Waals surface area contributed by atoms with Gasteiger partial charge >= 0.3 is 0 Å². The fourth-order valence-electron chi connectivity index (χ4n) is 2.95. The second-order valence-corrected chi connectivity index (χ2v) is 7.38. The van der Waals surface area contributed by atoms with E-state index >= 15 is 0 Å². The minimum Gasteiger partial charge on any atom is -0.342 e. The number of nitrogens with zero attached hydrogens (tertiary/aromatic N) is 1. The Morgan fingerprint density at radius 1 is 1.18 bits per heavy atom. The lowest BCUT2D eigenvalue weighted by molar-refractivity contribution is -0.131. The van der Waals surface area contributed by atoms with Gasteiger partial charge in [-0.3, -0.25) is 9.59 Å². The van der Waals surface area contributed by atoms with Gasteiger partial charge in [0.15, 0.2) is 0 Å². The fourth-order valence-corrected chi connectivity index (χ4v) is 3.73. The van der Waals surface area contributed by atoms with Crippen molar-refractivity contribution in [2.24, 2.45) is 0 Å². The monoisotopic (exact) mass is 322 g/mol. The molecule has 1 heterocycles. The topological polar surface area (TPSA) is 49.4 Å². The van der Waals surface area contributed by atoms with Crippen LogP contribution in [0.5, 0.6) is 0 Å². The molecule has 0 bridgehead atoms. The van der Waals surface area contributed by atoms with Gasteiger partial charge in [0.25, 0.3) is 5.91 Å². The second kappa shape index (κ2) is 8.32. The van der Waals surface area contributed by atoms with Crippen LogP contribution in [0.3, 0.4) is 0 Å². The summed E-state index contributed by atoms with van der Waals surface area (Å²) in [4.78, 5) is 27.9. The molecule has 0 unspecified atom stereocenters. The van der Waals surface area contributed by atoms with Crippen LogP contribution in [-0.2, 0) is 4.79 Å². The van der Waals surface area contributed by atoms with Crippen molar-refractivity contribution in [3.8, 4) is 0 Å². The van der Waals surface area contributed by atoms with Crippen molar-refractivity contribution in [2.45, 2.75) is 57.9 Å². The van der Waals surface area contributed by atoms with Crippen LogP contribution < -0.4 is 5.32 Å². The van der Waals surface area contributed by atoms with Crippen molar-refractivity contribution >= 4 is 23.2 Å². The second-order valence-electron chi connectivity index (χ2n) is 6.10. The van der Waals surface area contributed by atoms with Crippen LogP contribution in [0.4, 0.5) is 0 Å². The smallest absolute Gasteiger partial charge is 0.261 e. The SMILES string of the molecule is Cc1ccc(C(=O)NCC(=O)N(C)C2CCCCCCC2)s1. The summed E-state index contributed by atoms with van der Waals surface area (Å²) in [7, 11) is 1.87. The van der Waals surface area contributed by atoms with Crippen LogP contribution in [0.2, 0.25) is 0 Å². The molecule has 4 nitrogen and oxygen atoms in total. The molecule has 0 aromatic carbocycles. The third-order valence-corrected chi connectivity index (χ3v) is 5.38. The molecule has 0 atom stereocenters. The Balaban J connectivity index is 1.81. The van der Waals surface area contributed by atoms with Crippen molar-refractivity contribution in [3.05, 3.63) is 21.9 Å². The summed E-state index contributed by atoms with van der Waals surface area (Å²) in [6, 6.07) is 4.05. The molecule has 0 radical (unpaired) electrons. The quantitative estimate of drug-likeness (QED) is 0.924. The molecule has 1 N–H and O–H groups in total. The molecule has 1 fully saturated rings. The largest absolute Gasteiger partial charge is 0.342 e. The maximum Gasteiger partial charge on any atom is 0.261 e. The van der Waals surface area contributed by atoms with Crippen LogP contribution in [-0.4, -0.2) is 36.3 Å². The Bertz CT molecular complexity index is 505. The number of thiophene rings is 1. The number of carbonyl (C=O) groups is 2. The molecule has 5 heteroatoms. The molecule has 1 saturated carbocycles. The minimum absolute atomic E-state index is 0.00667. The van der Waals surface area contributed by atoms with Crippen LogP contribution >= 0.6 is 11.3 Å². The Morgan fingerprint density at radius 2 is 1.82 bits per heavy atom. The number of hydrogen-bond acceptors (Lipinski definition) is 3. The Kier molecular flexibility index (Phi) is 6.43. The first-order valence-corrected chi connectivity index (χ1v) is 9.00. The predicted octanol–water partition coefficient (Wildman–Crippen LogP) is 3.36. The molecular weight excluding hydrogens is 296 g/mol. The van der Waals surface area contributed by atoms with Gasteiger partial charge in [-0.15, -0.1) is 11.3 Å². The number of amides is 2. The van der Waals surface area contributed by atoms with Crippen LogP contribution in [0, 0.1) is 6.92 Å². The molecule has 0 spiro atoms. The zero-order chi connectivity index (χ0) is 15.9. The zero-order valence-electron chi connectivity index (χ0n) is 13.6. The highest BCUT2D eigenvalue weighted by atomic mass is 32.1. The number of nitrogens with one attached hydrogen (secondary N) is 1. The van der Waals surface area contributed by atoms with Gasteiger partial charge in [0, 0.05) is 18.0 Å². The molecule has 22 heavy (non-hydrogen) atoms. The molecule has 0 saturated heterocycles. The Labute approximate surface area is 136 Å². The molecule has 122 valence electrons. The van der Waals surface area contributed by atoms with Gasteiger partial charge in [-0.05, 0) is 31.9 Å². The van der Waals surface area contributed by atoms with E-state index < -0.39 is 0 Å². The van der Waals surface area contributed by atoms with E-state index in [9.17, 15) is 9.59 Å². The lowest BCUT2D eigenvalue weighted by Gasteiger charge is -2.29. The van der Waals surface area contributed by atoms with Crippen LogP contribution in [0.15, 0.2) is 12.1 Å². The molecule has 2 rings (SSSR count). The van der Waals surface area contributed by atoms with Crippen LogP contribution in [0.25, 0.3) is 0 Å². The number of carbonyl (C=O) groups excluding carboxylic acids is 2. The van der Waals surface area contributed by atoms with Crippen molar-refractivity contribution in [1.82, 2.24) is 10.2 Å². The molecule has 2 amide bonds. The Hall–Kier alpha value is -1.36. The third kappa shape index (κ3) is 4.83. The molecular formula is C17H26N2O2S. The van der Waals surface area contributed by atoms with E-state index in [4.69, 9.17) is 0 Å². The van der Waals surface area contributed by atoms with Gasteiger partial charge in [-0.1, -0.05) is 32.1 Å². The number of hydrogen-bond donors (Lipinski definition) is 1. The van der Waals surface area contributed by atoms with Gasteiger partial charge in [0.1, 0.15) is 0 Å². The van der Waals surface area contributed by atoms with E-state index in [0.29, 0.717) is 10.9 Å². The highest BCUT2D eigenvalue weighted by Crippen LogP contribution is 2.20. The maximum atomic E-state index is 12.3. The van der Waals surface area contributed by atoms with Gasteiger partial charge in [-0.2, -0.15) is 0 Å². The normalized spacial score (nSPS) is 16.6. The van der Waals surface area contributed by atoms with E-state index in [1.54, 1.807) is 6.07 Å². The van der Waals surface area contributed by atoms with E-state index in [0.717, 1.165) is 17.7 Å². The number of rotatable bonds is 4. The van der Waals surface area contributed by atoms with Crippen LogP contribution in [0.1, 0.15) is 59.5 Å². The van der Waals surface area contributed by atoms with E-state index in [1.807, 2.05) is 24.9 Å². The summed E-state index contributed by atoms with van der Waals surface area (Å²) in [5.74, 6) is -0.148. The summed E-state index contributed by atoms with van der Waals surface area (Å²) in [5, 5.41) is 2.74. The average molecular weight is 322 g/mol. The van der Waals surface area contributed by atoms with Crippen molar-refractivity contribution < 1.29 is 9.59 Å². The minimum atomic E-state index is -0.155. The summed E-state index contributed by atoms with van der Waals surface area (Å²) < 4.78 is 0. The summed E-state index contributed by atoms with van der Waals surface area (Å²) in [6.07, 6.45) is 8.42. The molecule has 1 aliphatic rings. The highest BCUT2D eigenvalue weighted by molar-refractivity contribution is 7.13. The molecule has 1 aromatic heterocycles. The van der Waals surface area contributed by atoms with Crippen molar-refractivity contribution in [3.63, 3.8) is 0 Å². The summed E-state index contributed by atoms with van der Waals surface area (Å²) >= 11 is 1.45. The van der Waals surface area contributed by atoms with E-state index in [-0.39, 0.29) is 18.4 Å². The van der Waals surface area contributed by atoms with E-state index in [1.165, 1.54) is 43.4 Å². The highest BCUT2D eigenvalue weighted by Gasteiger charge is 2.21. The predicted molar refractivity (Wildman–Crippen MR) is 90.3 cm³/mol. The van der Waals surface area contributed by atoms with Crippen molar-refractivity contribution in [1.29, 1.82) is 0 Å². The Morgan fingerprint density at radius 3 is 2.41 bits per heavy atom. The summed E-state index contributed by atoms with van der Waals surface area (Å²) in [5.41, 5.74) is 0. The lowest BCUT2D eigenvalue weighted by atomic mass is 9.96. The van der Waals surface area contributed by atoms with E-state index in [2.05, 4.69) is 5.32 Å². The van der Waals surface area contributed by atoms with Gasteiger partial charge in [0.05, 0.1) is 11.4 Å². The molecule has 1 aliphatic carbocycles. The first-order valence-electron chi connectivity index (χ1n) is 8.18. The first-order chi connectivity index (χ1) is 10.6. The average Bonchev–Trinajstić information content (AvgIpc) is 2.90.